The summed E-state index contributed by atoms with van der Waals surface area (Å²) in [6, 6.07) is -0.0596. The van der Waals surface area contributed by atoms with Crippen molar-refractivity contribution in [1.82, 2.24) is 0 Å². The zero-order valence-electron chi connectivity index (χ0n) is 29.6. The number of Topliss-reactive ketones (excluding diaryl/α,β-unsaturated/α-hetero) is 1. The van der Waals surface area contributed by atoms with Crippen molar-refractivity contribution in [3.05, 3.63) is 11.6 Å². The van der Waals surface area contributed by atoms with Crippen LogP contribution in [0.3, 0.4) is 0 Å². The first kappa shape index (κ1) is 35.1. The van der Waals surface area contributed by atoms with Crippen molar-refractivity contribution in [2.45, 2.75) is 175 Å². The second-order valence-corrected chi connectivity index (χ2v) is 17.1. The Morgan fingerprint density at radius 3 is 2.49 bits per heavy atom. The van der Waals surface area contributed by atoms with Crippen molar-refractivity contribution in [2.24, 2.45) is 52.1 Å². The lowest BCUT2D eigenvalue weighted by Gasteiger charge is -2.58. The molecule has 5 heteroatoms. The van der Waals surface area contributed by atoms with Crippen molar-refractivity contribution in [3.8, 4) is 0 Å². The monoisotopic (exact) mass is 626 g/mol. The van der Waals surface area contributed by atoms with Gasteiger partial charge in [-0.1, -0.05) is 72.0 Å². The first-order valence-corrected chi connectivity index (χ1v) is 19.3. The third-order valence-electron chi connectivity index (χ3n) is 13.9. The van der Waals surface area contributed by atoms with Crippen LogP contribution in [-0.4, -0.2) is 36.6 Å². The molecule has 0 heterocycles. The van der Waals surface area contributed by atoms with E-state index >= 15 is 0 Å². The van der Waals surface area contributed by atoms with Crippen LogP contribution in [0.15, 0.2) is 11.6 Å². The summed E-state index contributed by atoms with van der Waals surface area (Å²) in [5.74, 6) is 5.07. The highest BCUT2D eigenvalue weighted by Gasteiger charge is 2.59. The smallest absolute Gasteiger partial charge is 0.306 e. The third kappa shape index (κ3) is 8.10. The Morgan fingerprint density at radius 2 is 1.71 bits per heavy atom. The molecule has 10 atom stereocenters. The summed E-state index contributed by atoms with van der Waals surface area (Å²) in [5.41, 5.74) is 8.65. The van der Waals surface area contributed by atoms with E-state index < -0.39 is 0 Å². The van der Waals surface area contributed by atoms with Gasteiger partial charge in [-0.25, -0.2) is 0 Å². The Balaban J connectivity index is 1.04. The normalized spacial score (nSPS) is 38.6. The summed E-state index contributed by atoms with van der Waals surface area (Å²) >= 11 is 0. The summed E-state index contributed by atoms with van der Waals surface area (Å²) in [6.07, 6.45) is 23.0. The lowest BCUT2D eigenvalue weighted by molar-refractivity contribution is -0.152. The van der Waals surface area contributed by atoms with Crippen LogP contribution in [0.2, 0.25) is 0 Å². The molecule has 0 aromatic heterocycles. The first-order chi connectivity index (χ1) is 21.5. The fourth-order valence-electron chi connectivity index (χ4n) is 11.2. The molecule has 4 saturated carbocycles. The van der Waals surface area contributed by atoms with Crippen LogP contribution < -0.4 is 5.73 Å². The van der Waals surface area contributed by atoms with E-state index in [0.717, 1.165) is 80.5 Å². The van der Waals surface area contributed by atoms with Gasteiger partial charge in [0.15, 0.2) is 0 Å². The summed E-state index contributed by atoms with van der Waals surface area (Å²) in [4.78, 5) is 24.7. The molecule has 5 aliphatic rings. The lowest BCUT2D eigenvalue weighted by atomic mass is 9.47. The molecule has 0 saturated heterocycles. The van der Waals surface area contributed by atoms with Crippen LogP contribution in [0.5, 0.6) is 0 Å². The Morgan fingerprint density at radius 1 is 0.911 bits per heavy atom. The maximum Gasteiger partial charge on any atom is 0.306 e. The minimum atomic E-state index is -0.280. The molecule has 45 heavy (non-hydrogen) atoms. The Kier molecular flexibility index (Phi) is 12.0. The summed E-state index contributed by atoms with van der Waals surface area (Å²) in [6.45, 7) is 13.2. The van der Waals surface area contributed by atoms with E-state index in [4.69, 9.17) is 15.2 Å². The predicted molar refractivity (Wildman–Crippen MR) is 183 cm³/mol. The van der Waals surface area contributed by atoms with Crippen LogP contribution >= 0.6 is 0 Å². The Bertz CT molecular complexity index is 1040. The Labute approximate surface area is 275 Å². The number of rotatable bonds is 14. The van der Waals surface area contributed by atoms with Gasteiger partial charge >= 0.3 is 5.97 Å². The summed E-state index contributed by atoms with van der Waals surface area (Å²) in [7, 11) is 0. The SMILES string of the molecule is CC(C)CCC[C@@H](C)[C@H]1CCC2C3CC=C4C[C@@H](OCCCC(=O)CCC(=O)O[C@@H]5CCCC[C@H]5N)CC[C@]4(C)C3CC[C@@]21C. The molecule has 5 nitrogen and oxygen atoms in total. The number of allylic oxidation sites excluding steroid dienone is 1. The Hall–Kier alpha value is -1.20. The molecule has 256 valence electrons. The number of hydrogen-bond donors (Lipinski definition) is 1. The molecule has 2 N–H and O–H groups in total. The number of carbonyl (C=O) groups excluding carboxylic acids is 2. The molecular formula is C40H67NO4. The average molecular weight is 626 g/mol. The first-order valence-electron chi connectivity index (χ1n) is 19.3. The van der Waals surface area contributed by atoms with Crippen LogP contribution in [0.25, 0.3) is 0 Å². The quantitative estimate of drug-likeness (QED) is 0.118. The van der Waals surface area contributed by atoms with Crippen molar-refractivity contribution >= 4 is 11.8 Å². The second-order valence-electron chi connectivity index (χ2n) is 17.1. The van der Waals surface area contributed by atoms with E-state index in [0.29, 0.717) is 23.9 Å². The average Bonchev–Trinajstić information content (AvgIpc) is 3.36. The lowest BCUT2D eigenvalue weighted by Crippen LogP contribution is -2.51. The van der Waals surface area contributed by atoms with Crippen molar-refractivity contribution < 1.29 is 19.1 Å². The highest BCUT2D eigenvalue weighted by Crippen LogP contribution is 2.67. The zero-order valence-corrected chi connectivity index (χ0v) is 29.6. The van der Waals surface area contributed by atoms with Gasteiger partial charge in [-0.3, -0.25) is 9.59 Å². The summed E-state index contributed by atoms with van der Waals surface area (Å²) < 4.78 is 11.9. The van der Waals surface area contributed by atoms with Crippen molar-refractivity contribution in [2.75, 3.05) is 6.61 Å². The van der Waals surface area contributed by atoms with Gasteiger partial charge in [0.05, 0.1) is 12.5 Å². The van der Waals surface area contributed by atoms with Crippen molar-refractivity contribution in [3.63, 3.8) is 0 Å². The van der Waals surface area contributed by atoms with Crippen LogP contribution in [-0.2, 0) is 19.1 Å². The van der Waals surface area contributed by atoms with Gasteiger partial charge in [0.25, 0.3) is 0 Å². The molecule has 5 aliphatic carbocycles. The van der Waals surface area contributed by atoms with Gasteiger partial charge in [0, 0.05) is 25.5 Å². The molecule has 5 rings (SSSR count). The largest absolute Gasteiger partial charge is 0.461 e. The molecule has 4 fully saturated rings. The van der Waals surface area contributed by atoms with Gasteiger partial charge in [-0.2, -0.15) is 0 Å². The molecule has 0 amide bonds. The predicted octanol–water partition coefficient (Wildman–Crippen LogP) is 9.36. The van der Waals surface area contributed by atoms with Crippen LogP contribution in [0.4, 0.5) is 0 Å². The highest BCUT2D eigenvalue weighted by atomic mass is 16.5. The number of esters is 1. The molecule has 0 aromatic rings. The minimum absolute atomic E-state index is 0.0596. The number of fused-ring (bicyclic) bond motifs is 5. The number of ether oxygens (including phenoxy) is 2. The molecule has 0 radical (unpaired) electrons. The van der Waals surface area contributed by atoms with E-state index in [2.05, 4.69) is 40.7 Å². The highest BCUT2D eigenvalue weighted by molar-refractivity contribution is 5.82. The third-order valence-corrected chi connectivity index (χ3v) is 13.9. The molecule has 0 spiro atoms. The molecule has 0 aromatic carbocycles. The van der Waals surface area contributed by atoms with Crippen molar-refractivity contribution in [1.29, 1.82) is 0 Å². The number of ketones is 1. The van der Waals surface area contributed by atoms with Gasteiger partial charge in [-0.15, -0.1) is 0 Å². The van der Waals surface area contributed by atoms with E-state index in [-0.39, 0.29) is 42.8 Å². The number of carbonyl (C=O) groups is 2. The molecular weight excluding hydrogens is 558 g/mol. The molecule has 3 unspecified atom stereocenters. The minimum Gasteiger partial charge on any atom is -0.461 e. The van der Waals surface area contributed by atoms with E-state index in [9.17, 15) is 9.59 Å². The topological polar surface area (TPSA) is 78.6 Å². The van der Waals surface area contributed by atoms with E-state index in [1.54, 1.807) is 5.57 Å². The van der Waals surface area contributed by atoms with Gasteiger partial charge in [0.1, 0.15) is 11.9 Å². The zero-order chi connectivity index (χ0) is 32.2. The fourth-order valence-corrected chi connectivity index (χ4v) is 11.2. The van der Waals surface area contributed by atoms with Crippen LogP contribution in [0, 0.1) is 46.3 Å². The van der Waals surface area contributed by atoms with Crippen LogP contribution in [0.1, 0.15) is 157 Å². The van der Waals surface area contributed by atoms with Gasteiger partial charge < -0.3 is 15.2 Å². The van der Waals surface area contributed by atoms with Gasteiger partial charge in [-0.05, 0) is 123 Å². The van der Waals surface area contributed by atoms with E-state index in [1.165, 1.54) is 57.8 Å². The second kappa shape index (κ2) is 15.3. The number of nitrogens with two attached hydrogens (primary N) is 1. The molecule has 0 bridgehead atoms. The maximum absolute atomic E-state index is 12.5. The molecule has 0 aliphatic heterocycles. The summed E-state index contributed by atoms with van der Waals surface area (Å²) in [5, 5.41) is 0. The van der Waals surface area contributed by atoms with Gasteiger partial charge in [0.2, 0.25) is 0 Å². The standard InChI is InChI=1S/C40H67NO4/c1-27(2)10-8-11-28(3)33-18-19-34-32-17-15-29-26-31(21-23-39(29,4)35(32)22-24-40(33,34)5)44-25-9-12-30(42)16-20-38(43)45-37-14-7-6-13-36(37)41/h15,27-28,31-37H,6-14,16-26,41H2,1-5H3/t28-,31+,32?,33-,34?,35?,36-,37-,39+,40-/m1/s1. The van der Waals surface area contributed by atoms with E-state index in [1.807, 2.05) is 0 Å². The maximum atomic E-state index is 12.5. The fraction of sp³-hybridized carbons (Fsp3) is 0.900. The number of hydrogen-bond acceptors (Lipinski definition) is 5.